The zero-order chi connectivity index (χ0) is 23.0. The second kappa shape index (κ2) is 11.3. The van der Waals surface area contributed by atoms with Crippen LogP contribution in [0.25, 0.3) is 0 Å². The molecular formula is C22H26BrFN8O. The molecule has 1 aromatic carbocycles. The molecule has 9 nitrogen and oxygen atoms in total. The minimum atomic E-state index is -0.496. The van der Waals surface area contributed by atoms with Crippen LogP contribution in [0.1, 0.15) is 16.7 Å². The number of nitrogens with zero attached hydrogens (tertiary/aromatic N) is 5. The standard InChI is InChI=1S/C22H26BrFN8O/c23-21-28-14-18(24)20(31-21)27-12-16-3-1-15(2-4-16)11-17-13-29-22(30-19(17)25)26-5-6-32-7-9-33-10-8-32/h1-4,13-14H,5-12H2,(H,27,28,31)(H3,25,26,29,30). The fourth-order valence-electron chi connectivity index (χ4n) is 3.44. The van der Waals surface area contributed by atoms with Crippen molar-refractivity contribution in [3.8, 4) is 0 Å². The first-order valence-corrected chi connectivity index (χ1v) is 11.5. The third-order valence-electron chi connectivity index (χ3n) is 5.31. The van der Waals surface area contributed by atoms with Crippen LogP contribution >= 0.6 is 15.9 Å². The number of anilines is 3. The number of nitrogen functional groups attached to an aromatic ring is 1. The monoisotopic (exact) mass is 516 g/mol. The highest BCUT2D eigenvalue weighted by atomic mass is 79.9. The molecular weight excluding hydrogens is 491 g/mol. The van der Waals surface area contributed by atoms with E-state index in [0.29, 0.717) is 29.5 Å². The molecule has 0 saturated carbocycles. The number of morpholine rings is 1. The molecule has 1 fully saturated rings. The second-order valence-electron chi connectivity index (χ2n) is 7.67. The topological polar surface area (TPSA) is 114 Å². The van der Waals surface area contributed by atoms with Crippen molar-refractivity contribution in [3.05, 3.63) is 63.9 Å². The van der Waals surface area contributed by atoms with Crippen molar-refractivity contribution in [2.24, 2.45) is 0 Å². The second-order valence-corrected chi connectivity index (χ2v) is 8.38. The van der Waals surface area contributed by atoms with Gasteiger partial charge in [0.05, 0.1) is 19.4 Å². The molecule has 2 aromatic heterocycles. The summed E-state index contributed by atoms with van der Waals surface area (Å²) in [5.74, 6) is 0.665. The highest BCUT2D eigenvalue weighted by Crippen LogP contribution is 2.17. The van der Waals surface area contributed by atoms with Crippen LogP contribution in [-0.2, 0) is 17.7 Å². The van der Waals surface area contributed by atoms with Crippen molar-refractivity contribution in [1.82, 2.24) is 24.8 Å². The number of hydrogen-bond donors (Lipinski definition) is 3. The maximum absolute atomic E-state index is 13.8. The van der Waals surface area contributed by atoms with Gasteiger partial charge in [0.25, 0.3) is 0 Å². The van der Waals surface area contributed by atoms with Gasteiger partial charge in [-0.15, -0.1) is 0 Å². The minimum Gasteiger partial charge on any atom is -0.383 e. The molecule has 0 bridgehead atoms. The summed E-state index contributed by atoms with van der Waals surface area (Å²) in [6, 6.07) is 7.98. The van der Waals surface area contributed by atoms with Crippen LogP contribution in [0.4, 0.5) is 22.0 Å². The van der Waals surface area contributed by atoms with Crippen LogP contribution in [0, 0.1) is 5.82 Å². The molecule has 0 radical (unpaired) electrons. The quantitative estimate of drug-likeness (QED) is 0.369. The summed E-state index contributed by atoms with van der Waals surface area (Å²) in [7, 11) is 0. The summed E-state index contributed by atoms with van der Waals surface area (Å²) in [6.07, 6.45) is 3.52. The molecule has 1 aliphatic heterocycles. The maximum Gasteiger partial charge on any atom is 0.224 e. The number of halogens is 2. The van der Waals surface area contributed by atoms with Gasteiger partial charge in [0, 0.05) is 50.9 Å². The van der Waals surface area contributed by atoms with E-state index in [9.17, 15) is 4.39 Å². The Morgan fingerprint density at radius 1 is 1.03 bits per heavy atom. The van der Waals surface area contributed by atoms with E-state index in [4.69, 9.17) is 10.5 Å². The minimum absolute atomic E-state index is 0.157. The number of ether oxygens (including phenoxy) is 1. The Kier molecular flexibility index (Phi) is 7.97. The normalized spacial score (nSPS) is 14.2. The smallest absolute Gasteiger partial charge is 0.224 e. The third-order valence-corrected chi connectivity index (χ3v) is 5.69. The van der Waals surface area contributed by atoms with Gasteiger partial charge < -0.3 is 21.1 Å². The number of benzene rings is 1. The van der Waals surface area contributed by atoms with Crippen LogP contribution in [0.3, 0.4) is 0 Å². The predicted molar refractivity (Wildman–Crippen MR) is 128 cm³/mol. The molecule has 0 unspecified atom stereocenters. The first-order valence-electron chi connectivity index (χ1n) is 10.7. The molecule has 0 atom stereocenters. The molecule has 3 heterocycles. The number of nitrogens with two attached hydrogens (primary N) is 1. The van der Waals surface area contributed by atoms with Gasteiger partial charge >= 0.3 is 0 Å². The number of aromatic nitrogens is 4. The largest absolute Gasteiger partial charge is 0.383 e. The van der Waals surface area contributed by atoms with E-state index in [0.717, 1.165) is 62.3 Å². The van der Waals surface area contributed by atoms with E-state index >= 15 is 0 Å². The van der Waals surface area contributed by atoms with Crippen LogP contribution in [0.2, 0.25) is 0 Å². The highest BCUT2D eigenvalue weighted by molar-refractivity contribution is 9.10. The van der Waals surface area contributed by atoms with E-state index in [1.54, 1.807) is 6.20 Å². The lowest BCUT2D eigenvalue weighted by Crippen LogP contribution is -2.39. The fourth-order valence-corrected chi connectivity index (χ4v) is 3.72. The van der Waals surface area contributed by atoms with Crippen LogP contribution < -0.4 is 16.4 Å². The van der Waals surface area contributed by atoms with E-state index in [2.05, 4.69) is 51.4 Å². The van der Waals surface area contributed by atoms with Gasteiger partial charge in [-0.3, -0.25) is 4.90 Å². The van der Waals surface area contributed by atoms with Crippen molar-refractivity contribution < 1.29 is 9.13 Å². The van der Waals surface area contributed by atoms with Crippen LogP contribution in [0.5, 0.6) is 0 Å². The lowest BCUT2D eigenvalue weighted by Gasteiger charge is -2.26. The molecule has 1 aliphatic rings. The Hall–Kier alpha value is -2.89. The first-order chi connectivity index (χ1) is 16.1. The predicted octanol–water partition coefficient (Wildman–Crippen LogP) is 2.70. The van der Waals surface area contributed by atoms with Gasteiger partial charge in [0.15, 0.2) is 16.4 Å². The molecule has 1 saturated heterocycles. The molecule has 0 aliphatic carbocycles. The number of hydrogen-bond acceptors (Lipinski definition) is 9. The van der Waals surface area contributed by atoms with Gasteiger partial charge in [-0.1, -0.05) is 24.3 Å². The molecule has 4 rings (SSSR count). The van der Waals surface area contributed by atoms with Crippen LogP contribution in [-0.4, -0.2) is 64.2 Å². The average molecular weight is 517 g/mol. The van der Waals surface area contributed by atoms with Crippen molar-refractivity contribution in [2.45, 2.75) is 13.0 Å². The average Bonchev–Trinajstić information content (AvgIpc) is 2.83. The molecule has 174 valence electrons. The lowest BCUT2D eigenvalue weighted by atomic mass is 10.0. The summed E-state index contributed by atoms with van der Waals surface area (Å²) in [5.41, 5.74) is 9.12. The Labute approximate surface area is 200 Å². The molecule has 33 heavy (non-hydrogen) atoms. The fraction of sp³-hybridized carbons (Fsp3) is 0.364. The maximum atomic E-state index is 13.8. The summed E-state index contributed by atoms with van der Waals surface area (Å²) < 4.78 is 19.4. The van der Waals surface area contributed by atoms with E-state index in [1.165, 1.54) is 0 Å². The van der Waals surface area contributed by atoms with Gasteiger partial charge in [0.2, 0.25) is 5.95 Å². The Balaban J connectivity index is 1.28. The molecule has 3 aromatic rings. The number of rotatable bonds is 9. The van der Waals surface area contributed by atoms with Gasteiger partial charge in [-0.25, -0.2) is 19.3 Å². The Bertz CT molecular complexity index is 1060. The highest BCUT2D eigenvalue weighted by Gasteiger charge is 2.11. The Morgan fingerprint density at radius 3 is 2.55 bits per heavy atom. The van der Waals surface area contributed by atoms with Gasteiger partial charge in [-0.05, 0) is 27.1 Å². The van der Waals surface area contributed by atoms with Crippen molar-refractivity contribution >= 4 is 33.5 Å². The summed E-state index contributed by atoms with van der Waals surface area (Å²) in [6.45, 7) is 5.58. The SMILES string of the molecule is Nc1nc(NCCN2CCOCC2)ncc1Cc1ccc(CNc2nc(Br)ncc2F)cc1. The lowest BCUT2D eigenvalue weighted by molar-refractivity contribution is 0.0398. The zero-order valence-electron chi connectivity index (χ0n) is 18.1. The zero-order valence-corrected chi connectivity index (χ0v) is 19.7. The Morgan fingerprint density at radius 2 is 1.79 bits per heavy atom. The van der Waals surface area contributed by atoms with Crippen molar-refractivity contribution in [2.75, 3.05) is 55.8 Å². The third kappa shape index (κ3) is 6.80. The van der Waals surface area contributed by atoms with Gasteiger partial charge in [-0.2, -0.15) is 4.98 Å². The van der Waals surface area contributed by atoms with Crippen molar-refractivity contribution in [3.63, 3.8) is 0 Å². The molecule has 0 spiro atoms. The van der Waals surface area contributed by atoms with Crippen molar-refractivity contribution in [1.29, 1.82) is 0 Å². The summed E-state index contributed by atoms with van der Waals surface area (Å²) in [5, 5.41) is 6.22. The summed E-state index contributed by atoms with van der Waals surface area (Å²) in [4.78, 5) is 18.9. The van der Waals surface area contributed by atoms with E-state index in [-0.39, 0.29) is 5.82 Å². The first kappa shape index (κ1) is 23.3. The van der Waals surface area contributed by atoms with Crippen LogP contribution in [0.15, 0.2) is 41.4 Å². The van der Waals surface area contributed by atoms with Gasteiger partial charge in [0.1, 0.15) is 5.82 Å². The molecule has 4 N–H and O–H groups in total. The summed E-state index contributed by atoms with van der Waals surface area (Å²) >= 11 is 3.14. The molecule has 11 heteroatoms. The molecule has 0 amide bonds. The number of nitrogens with one attached hydrogen (secondary N) is 2. The van der Waals surface area contributed by atoms with E-state index in [1.807, 2.05) is 24.3 Å². The van der Waals surface area contributed by atoms with E-state index < -0.39 is 5.82 Å².